The molecule has 0 amide bonds. The molecule has 0 radical (unpaired) electrons. The van der Waals surface area contributed by atoms with E-state index in [9.17, 15) is 4.79 Å². The Kier molecular flexibility index (Phi) is 5.67. The Morgan fingerprint density at radius 1 is 1.21 bits per heavy atom. The zero-order chi connectivity index (χ0) is 11.1. The Morgan fingerprint density at radius 2 is 1.71 bits per heavy atom. The third kappa shape index (κ3) is 4.69. The van der Waals surface area contributed by atoms with Crippen molar-refractivity contribution in [3.8, 4) is 0 Å². The Hall–Kier alpha value is -1.26. The summed E-state index contributed by atoms with van der Waals surface area (Å²) in [4.78, 5) is 18.9. The molecule has 5 nitrogen and oxygen atoms in total. The average Bonchev–Trinajstić information content (AvgIpc) is 2.10. The highest BCUT2D eigenvalue weighted by Crippen LogP contribution is 1.92. The van der Waals surface area contributed by atoms with Crippen LogP contribution in [0.3, 0.4) is 0 Å². The Bertz CT molecular complexity index is 202. The van der Waals surface area contributed by atoms with E-state index in [4.69, 9.17) is 0 Å². The SMILES string of the molecule is COC(=O)CCN=C(N(C)C)N(C)C. The van der Waals surface area contributed by atoms with E-state index in [1.165, 1.54) is 7.11 Å². The average molecular weight is 201 g/mol. The van der Waals surface area contributed by atoms with Gasteiger partial charge in [-0.25, -0.2) is 0 Å². The molecule has 0 heterocycles. The van der Waals surface area contributed by atoms with Gasteiger partial charge in [0, 0.05) is 28.2 Å². The van der Waals surface area contributed by atoms with E-state index >= 15 is 0 Å². The number of carbonyl (C=O) groups is 1. The normalized spacial score (nSPS) is 9.21. The molecule has 0 fully saturated rings. The first-order valence-electron chi connectivity index (χ1n) is 4.45. The zero-order valence-electron chi connectivity index (χ0n) is 9.57. The number of esters is 1. The molecule has 82 valence electrons. The van der Waals surface area contributed by atoms with Gasteiger partial charge in [0.25, 0.3) is 0 Å². The lowest BCUT2D eigenvalue weighted by Gasteiger charge is -2.22. The van der Waals surface area contributed by atoms with E-state index in [0.717, 1.165) is 5.96 Å². The number of hydrogen-bond donors (Lipinski definition) is 0. The molecule has 0 aromatic heterocycles. The number of ether oxygens (including phenoxy) is 1. The van der Waals surface area contributed by atoms with Gasteiger partial charge in [0.2, 0.25) is 0 Å². The summed E-state index contributed by atoms with van der Waals surface area (Å²) in [7, 11) is 9.03. The number of carbonyl (C=O) groups excluding carboxylic acids is 1. The molecule has 14 heavy (non-hydrogen) atoms. The summed E-state index contributed by atoms with van der Waals surface area (Å²) in [6.07, 6.45) is 0.321. The summed E-state index contributed by atoms with van der Waals surface area (Å²) in [6, 6.07) is 0. The standard InChI is InChI=1S/C9H19N3O2/c1-11(2)9(12(3)4)10-7-6-8(13)14-5/h6-7H2,1-5H3. The Balaban J connectivity index is 4.11. The van der Waals surface area contributed by atoms with Crippen molar-refractivity contribution in [3.05, 3.63) is 0 Å². The number of rotatable bonds is 3. The van der Waals surface area contributed by atoms with Gasteiger partial charge in [-0.3, -0.25) is 9.79 Å². The molecule has 0 bridgehead atoms. The topological polar surface area (TPSA) is 45.1 Å². The van der Waals surface area contributed by atoms with Gasteiger partial charge in [-0.05, 0) is 0 Å². The fraction of sp³-hybridized carbons (Fsp3) is 0.778. The second kappa shape index (κ2) is 6.23. The summed E-state index contributed by atoms with van der Waals surface area (Å²) in [5.74, 6) is 0.611. The molecule has 0 saturated carbocycles. The van der Waals surface area contributed by atoms with Crippen LogP contribution < -0.4 is 0 Å². The lowest BCUT2D eigenvalue weighted by Crippen LogP contribution is -2.35. The van der Waals surface area contributed by atoms with Crippen molar-refractivity contribution in [1.29, 1.82) is 0 Å². The van der Waals surface area contributed by atoms with E-state index in [1.54, 1.807) is 0 Å². The predicted octanol–water partition coefficient (Wildman–Crippen LogP) is 0.0287. The van der Waals surface area contributed by atoms with Crippen molar-refractivity contribution in [2.24, 2.45) is 4.99 Å². The fourth-order valence-electron chi connectivity index (χ4n) is 1.03. The maximum absolute atomic E-state index is 10.8. The molecule has 0 rings (SSSR count). The highest BCUT2D eigenvalue weighted by Gasteiger charge is 2.04. The first-order valence-corrected chi connectivity index (χ1v) is 4.45. The van der Waals surface area contributed by atoms with Crippen LogP contribution in [0.15, 0.2) is 4.99 Å². The van der Waals surface area contributed by atoms with Crippen LogP contribution in [-0.4, -0.2) is 63.6 Å². The molecule has 0 aliphatic heterocycles. The molecule has 0 aliphatic rings. The third-order valence-corrected chi connectivity index (χ3v) is 1.60. The van der Waals surface area contributed by atoms with Gasteiger partial charge in [-0.15, -0.1) is 0 Å². The van der Waals surface area contributed by atoms with Crippen LogP contribution in [0, 0.1) is 0 Å². The fourth-order valence-corrected chi connectivity index (χ4v) is 1.03. The molecule has 0 spiro atoms. The molecule has 0 aromatic rings. The first kappa shape index (κ1) is 12.7. The molecule has 0 aliphatic carbocycles. The highest BCUT2D eigenvalue weighted by atomic mass is 16.5. The largest absolute Gasteiger partial charge is 0.469 e. The smallest absolute Gasteiger partial charge is 0.307 e. The minimum atomic E-state index is -0.231. The minimum Gasteiger partial charge on any atom is -0.469 e. The number of aliphatic imine (C=N–C) groups is 1. The van der Waals surface area contributed by atoms with Gasteiger partial charge in [0.1, 0.15) is 0 Å². The van der Waals surface area contributed by atoms with Crippen LogP contribution in [0.1, 0.15) is 6.42 Å². The molecule has 0 atom stereocenters. The quantitative estimate of drug-likeness (QED) is 0.367. The van der Waals surface area contributed by atoms with Gasteiger partial charge < -0.3 is 14.5 Å². The summed E-state index contributed by atoms with van der Waals surface area (Å²) >= 11 is 0. The van der Waals surface area contributed by atoms with Crippen molar-refractivity contribution in [2.45, 2.75) is 6.42 Å². The van der Waals surface area contributed by atoms with Crippen LogP contribution in [0.5, 0.6) is 0 Å². The monoisotopic (exact) mass is 201 g/mol. The number of methoxy groups -OCH3 is 1. The molecule has 5 heteroatoms. The molecule has 0 saturated heterocycles. The molecule has 0 aromatic carbocycles. The van der Waals surface area contributed by atoms with Gasteiger partial charge in [0.15, 0.2) is 5.96 Å². The van der Waals surface area contributed by atoms with Crippen molar-refractivity contribution < 1.29 is 9.53 Å². The first-order chi connectivity index (χ1) is 6.49. The lowest BCUT2D eigenvalue weighted by molar-refractivity contribution is -0.140. The molecular formula is C9H19N3O2. The van der Waals surface area contributed by atoms with Gasteiger partial charge >= 0.3 is 5.97 Å². The van der Waals surface area contributed by atoms with E-state index in [-0.39, 0.29) is 5.97 Å². The number of nitrogens with zero attached hydrogens (tertiary/aromatic N) is 3. The van der Waals surface area contributed by atoms with Gasteiger partial charge in [0.05, 0.1) is 20.1 Å². The minimum absolute atomic E-state index is 0.231. The summed E-state index contributed by atoms with van der Waals surface area (Å²) in [5, 5.41) is 0. The van der Waals surface area contributed by atoms with Crippen molar-refractivity contribution in [1.82, 2.24) is 9.80 Å². The second-order valence-corrected chi connectivity index (χ2v) is 3.30. The van der Waals surface area contributed by atoms with Crippen LogP contribution in [0.4, 0.5) is 0 Å². The van der Waals surface area contributed by atoms with E-state index < -0.39 is 0 Å². The van der Waals surface area contributed by atoms with Crippen molar-refractivity contribution in [2.75, 3.05) is 41.8 Å². The van der Waals surface area contributed by atoms with E-state index in [1.807, 2.05) is 38.0 Å². The van der Waals surface area contributed by atoms with E-state index in [2.05, 4.69) is 9.73 Å². The summed E-state index contributed by atoms with van der Waals surface area (Å²) < 4.78 is 4.52. The summed E-state index contributed by atoms with van der Waals surface area (Å²) in [6.45, 7) is 0.457. The van der Waals surface area contributed by atoms with Crippen LogP contribution in [0.25, 0.3) is 0 Å². The molecule has 0 N–H and O–H groups in total. The Labute approximate surface area is 85.3 Å². The molecular weight excluding hydrogens is 182 g/mol. The van der Waals surface area contributed by atoms with E-state index in [0.29, 0.717) is 13.0 Å². The highest BCUT2D eigenvalue weighted by molar-refractivity contribution is 5.79. The molecule has 0 unspecified atom stereocenters. The summed E-state index contributed by atoms with van der Waals surface area (Å²) in [5.41, 5.74) is 0. The maximum atomic E-state index is 10.8. The van der Waals surface area contributed by atoms with Crippen LogP contribution in [-0.2, 0) is 9.53 Å². The van der Waals surface area contributed by atoms with Crippen molar-refractivity contribution >= 4 is 11.9 Å². The predicted molar refractivity (Wildman–Crippen MR) is 56.3 cm³/mol. The number of guanidine groups is 1. The van der Waals surface area contributed by atoms with Gasteiger partial charge in [-0.1, -0.05) is 0 Å². The van der Waals surface area contributed by atoms with Gasteiger partial charge in [-0.2, -0.15) is 0 Å². The van der Waals surface area contributed by atoms with Crippen molar-refractivity contribution in [3.63, 3.8) is 0 Å². The van der Waals surface area contributed by atoms with Crippen LogP contribution >= 0.6 is 0 Å². The zero-order valence-corrected chi connectivity index (χ0v) is 9.57. The Morgan fingerprint density at radius 3 is 2.07 bits per heavy atom. The maximum Gasteiger partial charge on any atom is 0.307 e. The second-order valence-electron chi connectivity index (χ2n) is 3.30. The number of hydrogen-bond acceptors (Lipinski definition) is 3. The third-order valence-electron chi connectivity index (χ3n) is 1.60. The van der Waals surface area contributed by atoms with Crippen LogP contribution in [0.2, 0.25) is 0 Å². The lowest BCUT2D eigenvalue weighted by atomic mass is 10.4.